The molecule has 0 spiro atoms. The van der Waals surface area contributed by atoms with Gasteiger partial charge in [0.1, 0.15) is 36.3 Å². The number of methoxy groups -OCH3 is 2. The van der Waals surface area contributed by atoms with Gasteiger partial charge in [-0.3, -0.25) is 28.9 Å². The summed E-state index contributed by atoms with van der Waals surface area (Å²) >= 11 is 0. The van der Waals surface area contributed by atoms with Gasteiger partial charge in [0.25, 0.3) is 11.8 Å². The molecule has 14 nitrogen and oxygen atoms in total. The molecular formula is C59H71N3O11. The van der Waals surface area contributed by atoms with Gasteiger partial charge >= 0.3 is 5.97 Å². The fourth-order valence-electron chi connectivity index (χ4n) is 10.2. The number of aryl methyl sites for hydroxylation is 4. The van der Waals surface area contributed by atoms with Crippen molar-refractivity contribution >= 4 is 35.4 Å². The molecule has 3 aliphatic rings. The molecule has 4 amide bonds. The quantitative estimate of drug-likeness (QED) is 0.0403. The molecule has 4 aromatic carbocycles. The number of hydrogen-bond acceptors (Lipinski definition) is 11. The molecule has 14 heteroatoms. The van der Waals surface area contributed by atoms with E-state index in [0.29, 0.717) is 99.6 Å². The summed E-state index contributed by atoms with van der Waals surface area (Å²) in [6.07, 6.45) is 8.28. The van der Waals surface area contributed by atoms with Crippen LogP contribution in [-0.2, 0) is 30.3 Å². The summed E-state index contributed by atoms with van der Waals surface area (Å²) in [6.45, 7) is 12.5. The van der Waals surface area contributed by atoms with Gasteiger partial charge in [-0.05, 0) is 149 Å². The lowest BCUT2D eigenvalue weighted by molar-refractivity contribution is -0.162. The number of esters is 1. The van der Waals surface area contributed by atoms with Crippen LogP contribution in [0, 0.1) is 20.8 Å². The van der Waals surface area contributed by atoms with Crippen LogP contribution in [0.15, 0.2) is 85.1 Å². The Labute approximate surface area is 429 Å². The van der Waals surface area contributed by atoms with Gasteiger partial charge < -0.3 is 33.9 Å². The van der Waals surface area contributed by atoms with Gasteiger partial charge in [-0.25, -0.2) is 4.79 Å². The predicted molar refractivity (Wildman–Crippen MR) is 277 cm³/mol. The normalized spacial score (nSPS) is 17.4. The fraction of sp³-hybridized carbons (Fsp3) is 0.458. The molecule has 2 saturated heterocycles. The number of unbranched alkanes of at least 4 members (excludes halogenated alkanes) is 4. The second-order valence-corrected chi connectivity index (χ2v) is 19.5. The van der Waals surface area contributed by atoms with Gasteiger partial charge in [0.2, 0.25) is 11.8 Å². The zero-order valence-electron chi connectivity index (χ0n) is 43.4. The number of hydrogen-bond donors (Lipinski definition) is 1. The number of Topliss-reactive ketones (excluding diaryl/α,β-unsaturated/α-hetero) is 1. The van der Waals surface area contributed by atoms with E-state index in [0.717, 1.165) is 59.3 Å². The van der Waals surface area contributed by atoms with Crippen molar-refractivity contribution in [3.8, 4) is 23.0 Å². The number of nitrogens with zero attached hydrogens (tertiary/aromatic N) is 2. The summed E-state index contributed by atoms with van der Waals surface area (Å²) in [6, 6.07) is 20.9. The number of piperidine rings is 2. The second-order valence-electron chi connectivity index (χ2n) is 19.5. The largest absolute Gasteiger partial charge is 0.493 e. The minimum Gasteiger partial charge on any atom is -0.493 e. The molecular weight excluding hydrogens is 927 g/mol. The monoisotopic (exact) mass is 998 g/mol. The van der Waals surface area contributed by atoms with E-state index >= 15 is 0 Å². The van der Waals surface area contributed by atoms with Crippen molar-refractivity contribution in [3.05, 3.63) is 130 Å². The number of likely N-dealkylation sites (tertiary alicyclic amines) is 1. The Bertz CT molecular complexity index is 2700. The first-order valence-electron chi connectivity index (χ1n) is 25.9. The Morgan fingerprint density at radius 1 is 0.781 bits per heavy atom. The van der Waals surface area contributed by atoms with Crippen LogP contribution < -0.4 is 24.3 Å². The molecule has 0 bridgehead atoms. The summed E-state index contributed by atoms with van der Waals surface area (Å²) in [4.78, 5) is 83.9. The highest BCUT2D eigenvalue weighted by Gasteiger charge is 2.45. The first-order chi connectivity index (χ1) is 35.2. The zero-order valence-corrected chi connectivity index (χ0v) is 43.4. The number of ketones is 1. The minimum absolute atomic E-state index is 0.0241. The van der Waals surface area contributed by atoms with E-state index < -0.39 is 47.8 Å². The Morgan fingerprint density at radius 2 is 1.56 bits per heavy atom. The fourth-order valence-corrected chi connectivity index (χ4v) is 10.2. The number of benzene rings is 4. The van der Waals surface area contributed by atoms with Crippen LogP contribution in [0.25, 0.3) is 0 Å². The molecule has 0 saturated carbocycles. The van der Waals surface area contributed by atoms with Crippen molar-refractivity contribution in [2.75, 3.05) is 34.0 Å². The van der Waals surface area contributed by atoms with Crippen LogP contribution in [0.3, 0.4) is 0 Å². The molecule has 7 rings (SSSR count). The lowest BCUT2D eigenvalue weighted by atomic mass is 9.91. The zero-order chi connectivity index (χ0) is 52.2. The molecule has 4 atom stereocenters. The molecule has 0 aliphatic carbocycles. The first-order valence-corrected chi connectivity index (χ1v) is 25.9. The number of ether oxygens (including phenoxy) is 5. The third-order valence-electron chi connectivity index (χ3n) is 14.4. The Morgan fingerprint density at radius 3 is 2.32 bits per heavy atom. The molecule has 2 unspecified atom stereocenters. The number of fused-ring (bicyclic) bond motifs is 1. The molecule has 4 aromatic rings. The summed E-state index contributed by atoms with van der Waals surface area (Å²) in [7, 11) is 3.17. The van der Waals surface area contributed by atoms with Gasteiger partial charge in [-0.15, -0.1) is 0 Å². The van der Waals surface area contributed by atoms with E-state index in [2.05, 4.69) is 43.9 Å². The first kappa shape index (κ1) is 53.8. The lowest BCUT2D eigenvalue weighted by Gasteiger charge is -2.37. The number of nitrogens with one attached hydrogen (secondary N) is 1. The van der Waals surface area contributed by atoms with E-state index in [1.165, 1.54) is 11.1 Å². The second kappa shape index (κ2) is 25.1. The van der Waals surface area contributed by atoms with Gasteiger partial charge in [-0.1, -0.05) is 75.2 Å². The van der Waals surface area contributed by atoms with E-state index in [9.17, 15) is 28.8 Å². The SMILES string of the molecule is C=C1CCC(N2C(=O)c3cccc(OCCCCCCCC(=O)COc4cccc(C(CCc5ccc(C)c(C)c5)OC(=O)[C@@H]5CCCCN5C(=O)[C@@H](CC)c5cc(C)c(OC)c(OC)c5)c4)c3C2=O)C(=O)N1. The van der Waals surface area contributed by atoms with Crippen molar-refractivity contribution in [1.82, 2.24) is 15.1 Å². The van der Waals surface area contributed by atoms with E-state index in [4.69, 9.17) is 23.7 Å². The Kier molecular flexibility index (Phi) is 18.5. The maximum Gasteiger partial charge on any atom is 0.329 e. The number of amides is 4. The van der Waals surface area contributed by atoms with Crippen LogP contribution >= 0.6 is 0 Å². The molecule has 388 valence electrons. The highest BCUT2D eigenvalue weighted by atomic mass is 16.5. The van der Waals surface area contributed by atoms with Gasteiger partial charge in [0.05, 0.1) is 37.9 Å². The maximum atomic E-state index is 14.5. The molecule has 1 N–H and O–H groups in total. The number of rotatable bonds is 24. The van der Waals surface area contributed by atoms with Crippen molar-refractivity contribution in [1.29, 1.82) is 0 Å². The molecule has 0 aromatic heterocycles. The molecule has 0 radical (unpaired) electrons. The van der Waals surface area contributed by atoms with Gasteiger partial charge in [-0.2, -0.15) is 0 Å². The van der Waals surface area contributed by atoms with Crippen molar-refractivity contribution in [2.24, 2.45) is 0 Å². The Hall–Kier alpha value is -6.96. The average molecular weight is 998 g/mol. The van der Waals surface area contributed by atoms with Crippen molar-refractivity contribution in [3.63, 3.8) is 0 Å². The van der Waals surface area contributed by atoms with E-state index in [-0.39, 0.29) is 29.4 Å². The van der Waals surface area contributed by atoms with Gasteiger partial charge in [0, 0.05) is 18.7 Å². The molecule has 73 heavy (non-hydrogen) atoms. The number of allylic oxidation sites excluding steroid dienone is 1. The number of carbonyl (C=O) groups is 6. The summed E-state index contributed by atoms with van der Waals surface area (Å²) in [5.74, 6) is -0.516. The van der Waals surface area contributed by atoms with Crippen LogP contribution in [0.5, 0.6) is 23.0 Å². The van der Waals surface area contributed by atoms with Crippen LogP contribution in [0.1, 0.15) is 157 Å². The van der Waals surface area contributed by atoms with Crippen molar-refractivity contribution in [2.45, 2.75) is 142 Å². The minimum atomic E-state index is -0.890. The third kappa shape index (κ3) is 13.0. The van der Waals surface area contributed by atoms with Crippen molar-refractivity contribution < 1.29 is 52.5 Å². The topological polar surface area (TPSA) is 167 Å². The lowest BCUT2D eigenvalue weighted by Crippen LogP contribution is -2.51. The maximum absolute atomic E-state index is 14.5. The molecule has 3 heterocycles. The molecule has 2 fully saturated rings. The van der Waals surface area contributed by atoms with E-state index in [1.54, 1.807) is 43.4 Å². The summed E-state index contributed by atoms with van der Waals surface area (Å²) < 4.78 is 29.7. The van der Waals surface area contributed by atoms with Gasteiger partial charge in [0.15, 0.2) is 17.3 Å². The average Bonchev–Trinajstić information content (AvgIpc) is 3.64. The molecule has 3 aliphatic heterocycles. The predicted octanol–water partition coefficient (Wildman–Crippen LogP) is 10.2. The standard InChI is InChI=1S/C59H71N3O11/c1-8-46(43-33-39(4)54(70-7)52(35-43)69-6)56(65)61-30-14-13-22-49(61)59(68)73-50(29-27-41-26-24-37(2)38(3)32-41)42-18-16-20-45(34-42)72-36-44(63)19-12-10-9-11-15-31-71-51-23-17-21-47-53(51)58(67)62(57(47)66)48-28-25-40(5)60-55(48)64/h16-18,20-21,23-24,26,32-35,46,48-50H,5,8-15,19,22,25,27-31,36H2,1-4,6-7H3,(H,60,64)/t46-,48?,49-,50?/m0/s1. The van der Waals surface area contributed by atoms with E-state index in [1.807, 2.05) is 44.2 Å². The van der Waals surface area contributed by atoms with Crippen LogP contribution in [-0.4, -0.2) is 91.2 Å². The Balaban J connectivity index is 0.908. The van der Waals surface area contributed by atoms with Crippen LogP contribution in [0.4, 0.5) is 0 Å². The third-order valence-corrected chi connectivity index (χ3v) is 14.4. The van der Waals surface area contributed by atoms with Crippen LogP contribution in [0.2, 0.25) is 0 Å². The number of carbonyl (C=O) groups excluding carboxylic acids is 6. The highest BCUT2D eigenvalue weighted by Crippen LogP contribution is 2.38. The highest BCUT2D eigenvalue weighted by molar-refractivity contribution is 6.24. The smallest absolute Gasteiger partial charge is 0.329 e. The summed E-state index contributed by atoms with van der Waals surface area (Å²) in [5.41, 5.74) is 6.90. The number of imide groups is 1. The summed E-state index contributed by atoms with van der Waals surface area (Å²) in [5, 5.41) is 2.65.